The Bertz CT molecular complexity index is 14.0. The van der Waals surface area contributed by atoms with Crippen LogP contribution < -0.4 is 0 Å². The molecule has 0 N–H and O–H groups in total. The molecule has 0 aromatic heterocycles. The zero-order valence-electron chi connectivity index (χ0n) is 6.83. The van der Waals surface area contributed by atoms with Crippen LogP contribution in [0.25, 0.3) is 0 Å². The molecule has 0 amide bonds. The van der Waals surface area contributed by atoms with Crippen LogP contribution in [0.1, 0.15) is 5.71 Å². The molecule has 0 saturated carbocycles. The van der Waals surface area contributed by atoms with Crippen molar-refractivity contribution in [3.63, 3.8) is 0 Å². The summed E-state index contributed by atoms with van der Waals surface area (Å²) in [7, 11) is 0. The molecular formula is H9BiMg2Sn. The summed E-state index contributed by atoms with van der Waals surface area (Å²) in [6.07, 6.45) is 0. The zero-order valence-corrected chi connectivity index (χ0v) is 15.2. The van der Waals surface area contributed by atoms with E-state index in [-0.39, 0.29) is 102 Å². The Morgan fingerprint density at radius 3 is 1.00 bits per heavy atom. The molecule has 0 atom stereocenters. The standard InChI is InChI=1S/Bi.2Mg.Sn.9H/q;2*+2;;;;;;;4*-1. The molecule has 2 radical (unpaired) electrons. The molecule has 0 nitrogen and oxygen atoms in total. The minimum atomic E-state index is 0. The molecule has 0 aromatic carbocycles. The molecule has 0 aliphatic carbocycles. The number of hydrogen-bond donors (Lipinski definition) is 0. The minimum absolute atomic E-state index is 0. The van der Waals surface area contributed by atoms with E-state index in [0.29, 0.717) is 0 Å². The Morgan fingerprint density at radius 1 is 1.00 bits per heavy atom. The van der Waals surface area contributed by atoms with Crippen LogP contribution >= 0.6 is 0 Å². The maximum absolute atomic E-state index is 0. The molecular weight excluding hydrogens is 376 g/mol. The van der Waals surface area contributed by atoms with Gasteiger partial charge in [-0.1, -0.05) is 0 Å². The molecule has 0 rings (SSSR count). The van der Waals surface area contributed by atoms with Crippen LogP contribution in [0.3, 0.4) is 0 Å². The van der Waals surface area contributed by atoms with Crippen LogP contribution in [0.4, 0.5) is 0 Å². The van der Waals surface area contributed by atoms with E-state index in [4.69, 9.17) is 0 Å². The summed E-state index contributed by atoms with van der Waals surface area (Å²) in [6, 6.07) is 0. The van der Waals surface area contributed by atoms with Gasteiger partial charge in [0.1, 0.15) is 0 Å². The average Bonchev–Trinajstić information content (AvgIpc) is 0. The van der Waals surface area contributed by atoms with Gasteiger partial charge in [0, 0.05) is 0 Å². The summed E-state index contributed by atoms with van der Waals surface area (Å²) < 4.78 is 0. The predicted octanol–water partition coefficient (Wildman–Crippen LogP) is -2.41. The number of hydrogen-bond acceptors (Lipinski definition) is 0. The van der Waals surface area contributed by atoms with Gasteiger partial charge in [0.15, 0.2) is 0 Å². The normalized spacial score (nSPS) is 0. The average molecular weight is 385 g/mol. The Hall–Kier alpha value is 3.21. The van der Waals surface area contributed by atoms with E-state index in [1.165, 1.54) is 0 Å². The molecule has 0 heterocycles. The van der Waals surface area contributed by atoms with E-state index < -0.39 is 0 Å². The summed E-state index contributed by atoms with van der Waals surface area (Å²) in [5, 5.41) is 0. The summed E-state index contributed by atoms with van der Waals surface area (Å²) in [4.78, 5) is 0. The second-order valence-electron chi connectivity index (χ2n) is 0. The fourth-order valence-corrected chi connectivity index (χ4v) is 0. The van der Waals surface area contributed by atoms with Gasteiger partial charge in [-0.05, 0) is 0 Å². The third kappa shape index (κ3) is 8.96. The van der Waals surface area contributed by atoms with Gasteiger partial charge in [0.05, 0.1) is 0 Å². The summed E-state index contributed by atoms with van der Waals surface area (Å²) in [5.41, 5.74) is 0. The van der Waals surface area contributed by atoms with Crippen LogP contribution in [-0.2, 0) is 0 Å². The third-order valence-corrected chi connectivity index (χ3v) is 0. The molecule has 0 aliphatic rings. The first-order valence-electron chi connectivity index (χ1n) is 0. The van der Waals surface area contributed by atoms with Gasteiger partial charge in [0.25, 0.3) is 0 Å². The summed E-state index contributed by atoms with van der Waals surface area (Å²) in [5.74, 6) is 0. The van der Waals surface area contributed by atoms with Crippen molar-refractivity contribution in [2.24, 2.45) is 0 Å². The molecule has 0 bridgehead atoms. The maximum atomic E-state index is 0. The van der Waals surface area contributed by atoms with E-state index in [1.807, 2.05) is 0 Å². The third-order valence-electron chi connectivity index (χ3n) is 0. The molecule has 4 heavy (non-hydrogen) atoms. The van der Waals surface area contributed by atoms with Gasteiger partial charge in [-0.2, -0.15) is 0 Å². The molecule has 0 fully saturated rings. The van der Waals surface area contributed by atoms with Gasteiger partial charge in [-0.25, -0.2) is 0 Å². The fraction of sp³-hybridized carbons (Fsp3) is 0. The van der Waals surface area contributed by atoms with Gasteiger partial charge >= 0.3 is 96.2 Å². The fourth-order valence-electron chi connectivity index (χ4n) is 0. The van der Waals surface area contributed by atoms with Crippen molar-refractivity contribution >= 4 is 96.2 Å². The van der Waals surface area contributed by atoms with E-state index in [2.05, 4.69) is 0 Å². The first-order chi connectivity index (χ1) is 0. The van der Waals surface area contributed by atoms with Crippen molar-refractivity contribution in [2.75, 3.05) is 0 Å². The Balaban J connectivity index is 0. The summed E-state index contributed by atoms with van der Waals surface area (Å²) >= 11 is 0. The first-order valence-corrected chi connectivity index (χ1v) is 0. The van der Waals surface area contributed by atoms with Crippen LogP contribution in [0.2, 0.25) is 0 Å². The van der Waals surface area contributed by atoms with Crippen molar-refractivity contribution in [1.82, 2.24) is 0 Å². The van der Waals surface area contributed by atoms with Crippen LogP contribution in [0.5, 0.6) is 0 Å². The second kappa shape index (κ2) is 16.4. The van der Waals surface area contributed by atoms with Crippen LogP contribution in [0, 0.1) is 0 Å². The van der Waals surface area contributed by atoms with Crippen molar-refractivity contribution in [2.45, 2.75) is 0 Å². The topological polar surface area (TPSA) is 0 Å². The summed E-state index contributed by atoms with van der Waals surface area (Å²) in [6.45, 7) is 0. The van der Waals surface area contributed by atoms with Gasteiger partial charge in [-0.15, -0.1) is 0 Å². The van der Waals surface area contributed by atoms with E-state index in [1.54, 1.807) is 0 Å². The van der Waals surface area contributed by atoms with Gasteiger partial charge in [-0.3, -0.25) is 0 Å². The zero-order chi connectivity index (χ0) is 0. The Labute approximate surface area is 100 Å². The Morgan fingerprint density at radius 2 is 1.00 bits per heavy atom. The second-order valence-corrected chi connectivity index (χ2v) is 0. The first kappa shape index (κ1) is 27.0. The molecule has 0 aliphatic heterocycles. The van der Waals surface area contributed by atoms with Gasteiger partial charge < -0.3 is 5.71 Å². The number of rotatable bonds is 0. The van der Waals surface area contributed by atoms with Gasteiger partial charge in [0.2, 0.25) is 0 Å². The van der Waals surface area contributed by atoms with E-state index in [9.17, 15) is 0 Å². The monoisotopic (exact) mass is 386 g/mol. The van der Waals surface area contributed by atoms with Crippen molar-refractivity contribution in [3.05, 3.63) is 0 Å². The molecule has 0 aromatic rings. The predicted molar refractivity (Wildman–Crippen MR) is 34.4 cm³/mol. The molecule has 0 saturated heterocycles. The molecule has 0 spiro atoms. The van der Waals surface area contributed by atoms with Crippen molar-refractivity contribution in [3.8, 4) is 0 Å². The molecule has 4 heteroatoms. The quantitative estimate of drug-likeness (QED) is 0.408. The van der Waals surface area contributed by atoms with Crippen LogP contribution in [0.15, 0.2) is 0 Å². The van der Waals surface area contributed by atoms with E-state index >= 15 is 0 Å². The SMILES string of the molecule is [BiH3].[H-].[H-].[H-].[H-].[Mg+2].[Mg+2].[SnH2]. The van der Waals surface area contributed by atoms with Crippen molar-refractivity contribution < 1.29 is 5.71 Å². The van der Waals surface area contributed by atoms with Crippen molar-refractivity contribution in [1.29, 1.82) is 0 Å². The molecule has 0 unspecified atom stereocenters. The molecule has 22 valence electrons. The Kier molecular flexibility index (Phi) is 110. The van der Waals surface area contributed by atoms with E-state index in [0.717, 1.165) is 0 Å². The van der Waals surface area contributed by atoms with Crippen LogP contribution in [-0.4, -0.2) is 96.2 Å².